The molecule has 1 amide bonds. The smallest absolute Gasteiger partial charge is 0.283 e. The minimum atomic E-state index is -0.547. The third kappa shape index (κ3) is 2.39. The molecule has 23 heavy (non-hydrogen) atoms. The molecule has 2 aromatic carbocycles. The first-order valence-corrected chi connectivity index (χ1v) is 7.93. The highest BCUT2D eigenvalue weighted by Gasteiger charge is 2.39. The van der Waals surface area contributed by atoms with Crippen LogP contribution in [0.3, 0.4) is 0 Å². The fraction of sp³-hybridized carbons (Fsp3) is 0.222. The van der Waals surface area contributed by atoms with Gasteiger partial charge in [-0.3, -0.25) is 4.79 Å². The van der Waals surface area contributed by atoms with Gasteiger partial charge in [0.1, 0.15) is 5.75 Å². The molecule has 0 radical (unpaired) electrons. The number of hydrogen-bond acceptors (Lipinski definition) is 3. The van der Waals surface area contributed by atoms with E-state index in [0.29, 0.717) is 11.4 Å². The Morgan fingerprint density at radius 2 is 1.91 bits per heavy atom. The molecule has 0 N–H and O–H groups in total. The SMILES string of the molecule is CC1Oc2ccccc2C2CC(c3ccc(Cl)cc3)=NN2C1=O. The van der Waals surface area contributed by atoms with E-state index in [4.69, 9.17) is 16.3 Å². The molecule has 2 aromatic rings. The number of nitrogens with zero attached hydrogens (tertiary/aromatic N) is 2. The molecular weight excluding hydrogens is 312 g/mol. The molecule has 0 aliphatic carbocycles. The lowest BCUT2D eigenvalue weighted by Crippen LogP contribution is -2.34. The summed E-state index contributed by atoms with van der Waals surface area (Å²) in [6.07, 6.45) is 0.120. The zero-order valence-corrected chi connectivity index (χ0v) is 13.3. The monoisotopic (exact) mass is 326 g/mol. The number of hydrogen-bond donors (Lipinski definition) is 0. The van der Waals surface area contributed by atoms with Gasteiger partial charge in [0.25, 0.3) is 5.91 Å². The Hall–Kier alpha value is -2.33. The Balaban J connectivity index is 1.76. The first-order chi connectivity index (χ1) is 11.1. The van der Waals surface area contributed by atoms with Crippen LogP contribution in [-0.4, -0.2) is 22.7 Å². The van der Waals surface area contributed by atoms with Crippen molar-refractivity contribution < 1.29 is 9.53 Å². The lowest BCUT2D eigenvalue weighted by Gasteiger charge is -2.19. The van der Waals surface area contributed by atoms with E-state index in [1.165, 1.54) is 0 Å². The molecule has 2 heterocycles. The topological polar surface area (TPSA) is 41.9 Å². The van der Waals surface area contributed by atoms with Crippen molar-refractivity contribution in [3.05, 3.63) is 64.7 Å². The van der Waals surface area contributed by atoms with Gasteiger partial charge >= 0.3 is 0 Å². The number of carbonyl (C=O) groups excluding carboxylic acids is 1. The minimum absolute atomic E-state index is 0.116. The van der Waals surface area contributed by atoms with Crippen molar-refractivity contribution in [2.45, 2.75) is 25.5 Å². The highest BCUT2D eigenvalue weighted by molar-refractivity contribution is 6.30. The third-order valence-corrected chi connectivity index (χ3v) is 4.50. The molecule has 2 unspecified atom stereocenters. The van der Waals surface area contributed by atoms with Gasteiger partial charge in [-0.15, -0.1) is 0 Å². The van der Waals surface area contributed by atoms with E-state index in [2.05, 4.69) is 5.10 Å². The maximum Gasteiger partial charge on any atom is 0.283 e. The quantitative estimate of drug-likeness (QED) is 0.800. The largest absolute Gasteiger partial charge is 0.480 e. The third-order valence-electron chi connectivity index (χ3n) is 4.24. The van der Waals surface area contributed by atoms with Gasteiger partial charge in [0.2, 0.25) is 0 Å². The Kier molecular flexibility index (Phi) is 3.34. The van der Waals surface area contributed by atoms with Crippen LogP contribution in [0.2, 0.25) is 5.02 Å². The molecule has 0 saturated carbocycles. The fourth-order valence-corrected chi connectivity index (χ4v) is 3.19. The molecule has 0 spiro atoms. The van der Waals surface area contributed by atoms with E-state index in [9.17, 15) is 4.79 Å². The van der Waals surface area contributed by atoms with Crippen molar-refractivity contribution in [3.8, 4) is 5.75 Å². The van der Waals surface area contributed by atoms with Gasteiger partial charge in [-0.05, 0) is 30.7 Å². The minimum Gasteiger partial charge on any atom is -0.480 e. The number of carbonyl (C=O) groups is 1. The summed E-state index contributed by atoms with van der Waals surface area (Å²) in [5.41, 5.74) is 2.88. The predicted octanol–water partition coefficient (Wildman–Crippen LogP) is 3.80. The molecule has 2 aliphatic heterocycles. The second-order valence-corrected chi connectivity index (χ2v) is 6.19. The summed E-state index contributed by atoms with van der Waals surface area (Å²) < 4.78 is 5.78. The van der Waals surface area contributed by atoms with Gasteiger partial charge in [-0.2, -0.15) is 5.10 Å². The van der Waals surface area contributed by atoms with E-state index in [0.717, 1.165) is 22.6 Å². The highest BCUT2D eigenvalue weighted by Crippen LogP contribution is 2.40. The summed E-state index contributed by atoms with van der Waals surface area (Å²) in [4.78, 5) is 12.6. The number of rotatable bonds is 1. The second-order valence-electron chi connectivity index (χ2n) is 5.75. The zero-order chi connectivity index (χ0) is 16.0. The van der Waals surface area contributed by atoms with Crippen LogP contribution in [0.15, 0.2) is 53.6 Å². The van der Waals surface area contributed by atoms with E-state index < -0.39 is 6.10 Å². The van der Waals surface area contributed by atoms with E-state index in [1.54, 1.807) is 11.9 Å². The van der Waals surface area contributed by atoms with Crippen LogP contribution in [0.1, 0.15) is 30.5 Å². The zero-order valence-electron chi connectivity index (χ0n) is 12.6. The Bertz CT molecular complexity index is 801. The number of hydrazone groups is 1. The number of halogens is 1. The van der Waals surface area contributed by atoms with Crippen LogP contribution < -0.4 is 4.74 Å². The van der Waals surface area contributed by atoms with Gasteiger partial charge in [0.15, 0.2) is 6.10 Å². The van der Waals surface area contributed by atoms with Crippen molar-refractivity contribution in [2.75, 3.05) is 0 Å². The van der Waals surface area contributed by atoms with E-state index in [-0.39, 0.29) is 11.9 Å². The van der Waals surface area contributed by atoms with Gasteiger partial charge in [0, 0.05) is 17.0 Å². The molecule has 2 atom stereocenters. The maximum absolute atomic E-state index is 12.6. The molecule has 4 nitrogen and oxygen atoms in total. The van der Waals surface area contributed by atoms with Gasteiger partial charge in [-0.1, -0.05) is 41.9 Å². The first-order valence-electron chi connectivity index (χ1n) is 7.55. The standard InChI is InChI=1S/C18H15ClN2O2/c1-11-18(22)21-16(14-4-2-3-5-17(14)23-11)10-15(20-21)12-6-8-13(19)9-7-12/h2-9,11,16H,10H2,1H3. The average molecular weight is 327 g/mol. The Morgan fingerprint density at radius 3 is 2.70 bits per heavy atom. The van der Waals surface area contributed by atoms with Crippen LogP contribution in [0.5, 0.6) is 5.75 Å². The molecule has 116 valence electrons. The van der Waals surface area contributed by atoms with Crippen LogP contribution >= 0.6 is 11.6 Å². The van der Waals surface area contributed by atoms with E-state index >= 15 is 0 Å². The van der Waals surface area contributed by atoms with Crippen LogP contribution in [-0.2, 0) is 4.79 Å². The number of fused-ring (bicyclic) bond motifs is 3. The normalized spacial score (nSPS) is 22.8. The molecule has 0 fully saturated rings. The van der Waals surface area contributed by atoms with Gasteiger partial charge in [-0.25, -0.2) is 5.01 Å². The Labute approximate surface area is 139 Å². The number of amides is 1. The molecule has 2 aliphatic rings. The maximum atomic E-state index is 12.6. The number of ether oxygens (including phenoxy) is 1. The van der Waals surface area contributed by atoms with Gasteiger partial charge < -0.3 is 4.74 Å². The summed E-state index contributed by atoms with van der Waals surface area (Å²) in [5.74, 6) is 0.642. The highest BCUT2D eigenvalue weighted by atomic mass is 35.5. The van der Waals surface area contributed by atoms with Crippen LogP contribution in [0, 0.1) is 0 Å². The fourth-order valence-electron chi connectivity index (χ4n) is 3.06. The molecule has 0 bridgehead atoms. The molecule has 0 aromatic heterocycles. The van der Waals surface area contributed by atoms with Crippen molar-refractivity contribution in [2.24, 2.45) is 5.10 Å². The average Bonchev–Trinajstić information content (AvgIpc) is 2.96. The lowest BCUT2D eigenvalue weighted by atomic mass is 9.98. The van der Waals surface area contributed by atoms with Crippen molar-refractivity contribution in [3.63, 3.8) is 0 Å². The molecule has 0 saturated heterocycles. The summed E-state index contributed by atoms with van der Waals surface area (Å²) in [7, 11) is 0. The summed E-state index contributed by atoms with van der Waals surface area (Å²) in [5, 5.41) is 6.83. The van der Waals surface area contributed by atoms with Crippen LogP contribution in [0.25, 0.3) is 0 Å². The molecule has 5 heteroatoms. The number of para-hydroxylation sites is 1. The van der Waals surface area contributed by atoms with Crippen molar-refractivity contribution >= 4 is 23.2 Å². The van der Waals surface area contributed by atoms with Crippen molar-refractivity contribution in [1.29, 1.82) is 0 Å². The second kappa shape index (κ2) is 5.39. The molecular formula is C18H15ClN2O2. The van der Waals surface area contributed by atoms with Crippen molar-refractivity contribution in [1.82, 2.24) is 5.01 Å². The first kappa shape index (κ1) is 14.3. The van der Waals surface area contributed by atoms with Crippen LogP contribution in [0.4, 0.5) is 0 Å². The summed E-state index contributed by atoms with van der Waals surface area (Å²) in [6.45, 7) is 1.76. The predicted molar refractivity (Wildman–Crippen MR) is 88.7 cm³/mol. The Morgan fingerprint density at radius 1 is 1.17 bits per heavy atom. The summed E-state index contributed by atoms with van der Waals surface area (Å²) >= 11 is 5.95. The summed E-state index contributed by atoms with van der Waals surface area (Å²) in [6, 6.07) is 15.2. The van der Waals surface area contributed by atoms with Gasteiger partial charge in [0.05, 0.1) is 11.8 Å². The molecule has 4 rings (SSSR count). The van der Waals surface area contributed by atoms with E-state index in [1.807, 2.05) is 48.5 Å². The number of benzene rings is 2. The lowest BCUT2D eigenvalue weighted by molar-refractivity contribution is -0.138.